The zero-order valence-electron chi connectivity index (χ0n) is 14.1. The molecule has 1 atom stereocenters. The largest absolute Gasteiger partial charge is 0.491 e. The van der Waals surface area contributed by atoms with Crippen LogP contribution in [0.1, 0.15) is 22.8 Å². The molecule has 1 aromatic carbocycles. The lowest BCUT2D eigenvalue weighted by Crippen LogP contribution is -2.20. The van der Waals surface area contributed by atoms with Gasteiger partial charge in [0.05, 0.1) is 24.3 Å². The van der Waals surface area contributed by atoms with Crippen molar-refractivity contribution in [3.8, 4) is 11.8 Å². The lowest BCUT2D eigenvalue weighted by atomic mass is 10.2. The van der Waals surface area contributed by atoms with Gasteiger partial charge in [0.15, 0.2) is 5.16 Å². The number of anilines is 1. The fourth-order valence-corrected chi connectivity index (χ4v) is 2.58. The minimum atomic E-state index is -0.759. The maximum Gasteiger partial charge on any atom is 0.343 e. The number of nitriles is 1. The number of carbonyl (C=O) groups excluding carboxylic acids is 1. The number of nitrogens with zero attached hydrogens (tertiary/aromatic N) is 3. The molecule has 0 aliphatic heterocycles. The highest BCUT2D eigenvalue weighted by Crippen LogP contribution is 2.18. The predicted octanol–water partition coefficient (Wildman–Crippen LogP) is 1.64. The molecule has 0 fully saturated rings. The van der Waals surface area contributed by atoms with Gasteiger partial charge in [0.1, 0.15) is 23.7 Å². The number of nitrogens with two attached hydrogens (primary N) is 1. The molecule has 0 amide bonds. The summed E-state index contributed by atoms with van der Waals surface area (Å²) < 4.78 is 10.3. The highest BCUT2D eigenvalue weighted by Gasteiger charge is 2.15. The van der Waals surface area contributed by atoms with Gasteiger partial charge in [-0.1, -0.05) is 11.8 Å². The highest BCUT2D eigenvalue weighted by atomic mass is 32.2. The number of thioether (sulfide) groups is 1. The van der Waals surface area contributed by atoms with E-state index in [-0.39, 0.29) is 30.3 Å². The van der Waals surface area contributed by atoms with Crippen LogP contribution in [0.3, 0.4) is 0 Å². The number of esters is 1. The van der Waals surface area contributed by atoms with Gasteiger partial charge in [0.2, 0.25) is 0 Å². The van der Waals surface area contributed by atoms with Gasteiger partial charge in [0.25, 0.3) is 0 Å². The second-order valence-electron chi connectivity index (χ2n) is 5.08. The van der Waals surface area contributed by atoms with Crippen LogP contribution in [-0.2, 0) is 4.74 Å². The van der Waals surface area contributed by atoms with E-state index in [1.165, 1.54) is 18.0 Å². The standard InChI is InChI=1S/C17H18N4O4S/c1-2-24-16(23)14-8-20-17(21-15(14)19)26-10-12(22)9-25-13-5-3-11(7-18)4-6-13/h3-6,8,12,22H,2,9-10H2,1H3,(H2,19,20,21). The van der Waals surface area contributed by atoms with Crippen LogP contribution in [0.4, 0.5) is 5.82 Å². The molecule has 136 valence electrons. The van der Waals surface area contributed by atoms with Gasteiger partial charge in [-0.2, -0.15) is 5.26 Å². The number of rotatable bonds is 8. The van der Waals surface area contributed by atoms with Crippen LogP contribution < -0.4 is 10.5 Å². The van der Waals surface area contributed by atoms with E-state index >= 15 is 0 Å². The summed E-state index contributed by atoms with van der Waals surface area (Å²) in [7, 11) is 0. The first-order chi connectivity index (χ1) is 12.5. The second-order valence-corrected chi connectivity index (χ2v) is 6.07. The smallest absolute Gasteiger partial charge is 0.343 e. The van der Waals surface area contributed by atoms with Crippen LogP contribution >= 0.6 is 11.8 Å². The first-order valence-electron chi connectivity index (χ1n) is 7.77. The van der Waals surface area contributed by atoms with Crippen molar-refractivity contribution in [3.63, 3.8) is 0 Å². The monoisotopic (exact) mass is 374 g/mol. The third-order valence-corrected chi connectivity index (χ3v) is 4.13. The van der Waals surface area contributed by atoms with Gasteiger partial charge in [0, 0.05) is 11.9 Å². The van der Waals surface area contributed by atoms with E-state index in [1.807, 2.05) is 6.07 Å². The summed E-state index contributed by atoms with van der Waals surface area (Å²) in [4.78, 5) is 19.7. The van der Waals surface area contributed by atoms with Crippen molar-refractivity contribution in [2.75, 3.05) is 24.7 Å². The lowest BCUT2D eigenvalue weighted by molar-refractivity contribution is 0.0526. The van der Waals surface area contributed by atoms with Crippen LogP contribution in [0, 0.1) is 11.3 Å². The normalized spacial score (nSPS) is 11.4. The molecule has 0 aliphatic rings. The first-order valence-corrected chi connectivity index (χ1v) is 8.75. The van der Waals surface area contributed by atoms with E-state index < -0.39 is 12.1 Å². The molecule has 0 saturated heterocycles. The Morgan fingerprint density at radius 2 is 2.15 bits per heavy atom. The number of hydrogen-bond acceptors (Lipinski definition) is 9. The summed E-state index contributed by atoms with van der Waals surface area (Å²) in [5.41, 5.74) is 6.39. The number of aliphatic hydroxyl groups excluding tert-OH is 1. The zero-order valence-corrected chi connectivity index (χ0v) is 14.9. The number of carbonyl (C=O) groups is 1. The Balaban J connectivity index is 1.83. The van der Waals surface area contributed by atoms with Crippen LogP contribution in [0.15, 0.2) is 35.6 Å². The van der Waals surface area contributed by atoms with E-state index in [4.69, 9.17) is 20.5 Å². The Morgan fingerprint density at radius 3 is 2.77 bits per heavy atom. The summed E-state index contributed by atoms with van der Waals surface area (Å²) in [6.45, 7) is 2.01. The van der Waals surface area contributed by atoms with Crippen LogP contribution in [0.25, 0.3) is 0 Å². The summed E-state index contributed by atoms with van der Waals surface area (Å²) in [5.74, 6) is 0.308. The van der Waals surface area contributed by atoms with Gasteiger partial charge in [-0.25, -0.2) is 14.8 Å². The number of aliphatic hydroxyl groups is 1. The molecule has 2 aromatic rings. The van der Waals surface area contributed by atoms with Gasteiger partial charge in [-0.15, -0.1) is 0 Å². The average molecular weight is 374 g/mol. The van der Waals surface area contributed by atoms with Crippen molar-refractivity contribution in [1.29, 1.82) is 5.26 Å². The molecule has 1 aromatic heterocycles. The van der Waals surface area contributed by atoms with E-state index in [1.54, 1.807) is 31.2 Å². The molecule has 0 aliphatic carbocycles. The molecule has 0 spiro atoms. The summed E-state index contributed by atoms with van der Waals surface area (Å²) in [6, 6.07) is 8.62. The Hall–Kier alpha value is -2.83. The molecule has 1 heterocycles. The fraction of sp³-hybridized carbons (Fsp3) is 0.294. The number of aromatic nitrogens is 2. The molecule has 2 rings (SSSR count). The molecule has 0 saturated carbocycles. The third kappa shape index (κ3) is 5.61. The molecule has 0 radical (unpaired) electrons. The molecule has 9 heteroatoms. The number of nitrogen functional groups attached to an aromatic ring is 1. The van der Waals surface area contributed by atoms with Gasteiger partial charge >= 0.3 is 5.97 Å². The first kappa shape index (κ1) is 19.5. The van der Waals surface area contributed by atoms with Crippen molar-refractivity contribution in [2.45, 2.75) is 18.2 Å². The maximum atomic E-state index is 11.6. The molecule has 1 unspecified atom stereocenters. The number of benzene rings is 1. The summed E-state index contributed by atoms with van der Waals surface area (Å²) in [6.07, 6.45) is 0.549. The SMILES string of the molecule is CCOC(=O)c1cnc(SCC(O)COc2ccc(C#N)cc2)nc1N. The molecule has 3 N–H and O–H groups in total. The van der Waals surface area contributed by atoms with Gasteiger partial charge in [-0.3, -0.25) is 0 Å². The van der Waals surface area contributed by atoms with E-state index in [2.05, 4.69) is 9.97 Å². The Morgan fingerprint density at radius 1 is 1.42 bits per heavy atom. The number of ether oxygens (including phenoxy) is 2. The lowest BCUT2D eigenvalue weighted by Gasteiger charge is -2.12. The van der Waals surface area contributed by atoms with E-state index in [9.17, 15) is 9.90 Å². The zero-order chi connectivity index (χ0) is 18.9. The van der Waals surface area contributed by atoms with Crippen LogP contribution in [0.5, 0.6) is 5.75 Å². The van der Waals surface area contributed by atoms with Gasteiger partial charge in [-0.05, 0) is 31.2 Å². The summed E-state index contributed by atoms with van der Waals surface area (Å²) >= 11 is 1.19. The number of hydrogen-bond donors (Lipinski definition) is 2. The molecule has 26 heavy (non-hydrogen) atoms. The molecular formula is C17H18N4O4S. The Kier molecular flexibility index (Phi) is 7.20. The molecule has 8 nitrogen and oxygen atoms in total. The van der Waals surface area contributed by atoms with Crippen molar-refractivity contribution < 1.29 is 19.4 Å². The Labute approximate surface area is 155 Å². The molecular weight excluding hydrogens is 356 g/mol. The fourth-order valence-electron chi connectivity index (χ4n) is 1.85. The van der Waals surface area contributed by atoms with E-state index in [0.29, 0.717) is 16.5 Å². The van der Waals surface area contributed by atoms with Gasteiger partial charge < -0.3 is 20.3 Å². The maximum absolute atomic E-state index is 11.6. The third-order valence-electron chi connectivity index (χ3n) is 3.12. The van der Waals surface area contributed by atoms with Crippen molar-refractivity contribution in [2.24, 2.45) is 0 Å². The minimum absolute atomic E-state index is 0.0317. The average Bonchev–Trinajstić information content (AvgIpc) is 2.65. The van der Waals surface area contributed by atoms with Crippen molar-refractivity contribution >= 4 is 23.5 Å². The minimum Gasteiger partial charge on any atom is -0.491 e. The quantitative estimate of drug-likeness (QED) is 0.402. The van der Waals surface area contributed by atoms with Crippen LogP contribution in [0.2, 0.25) is 0 Å². The predicted molar refractivity (Wildman–Crippen MR) is 95.8 cm³/mol. The topological polar surface area (TPSA) is 131 Å². The van der Waals surface area contributed by atoms with Crippen molar-refractivity contribution in [3.05, 3.63) is 41.6 Å². The Bertz CT molecular complexity index is 792. The van der Waals surface area contributed by atoms with Crippen molar-refractivity contribution in [1.82, 2.24) is 9.97 Å². The molecule has 0 bridgehead atoms. The van der Waals surface area contributed by atoms with E-state index in [0.717, 1.165) is 0 Å². The second kappa shape index (κ2) is 9.60. The summed E-state index contributed by atoms with van der Waals surface area (Å²) in [5, 5.41) is 19.1. The van der Waals surface area contributed by atoms with Crippen LogP contribution in [-0.4, -0.2) is 46.1 Å². The highest BCUT2D eigenvalue weighted by molar-refractivity contribution is 7.99.